The first kappa shape index (κ1) is 22.1. The third-order valence-corrected chi connectivity index (χ3v) is 4.78. The Morgan fingerprint density at radius 1 is 1.28 bits per heavy atom. The number of Topliss-reactive ketones (excluding diaryl/α,β-unsaturated/α-hetero) is 1. The van der Waals surface area contributed by atoms with Crippen molar-refractivity contribution in [3.63, 3.8) is 0 Å². The summed E-state index contributed by atoms with van der Waals surface area (Å²) in [4.78, 5) is 39.4. The number of halogens is 1. The maximum absolute atomic E-state index is 13.5. The first-order valence-electron chi connectivity index (χ1n) is 9.23. The number of carbonyl (C=O) groups is 3. The van der Waals surface area contributed by atoms with E-state index in [1.54, 1.807) is 18.4 Å². The molecule has 6 nitrogen and oxygen atoms in total. The summed E-state index contributed by atoms with van der Waals surface area (Å²) in [5.41, 5.74) is 2.00. The molecular formula is C22H25FN2O4. The number of nitrogens with zero attached hydrogens (tertiary/aromatic N) is 2. The fourth-order valence-electron chi connectivity index (χ4n) is 3.49. The molecule has 1 amide bonds. The first-order chi connectivity index (χ1) is 13.8. The molecule has 7 heteroatoms. The van der Waals surface area contributed by atoms with Crippen LogP contribution in [0.15, 0.2) is 36.9 Å². The van der Waals surface area contributed by atoms with Crippen LogP contribution >= 0.6 is 0 Å². The molecule has 0 aliphatic heterocycles. The Hall–Kier alpha value is -3.22. The Kier molecular flexibility index (Phi) is 7.09. The second kappa shape index (κ2) is 9.32. The van der Waals surface area contributed by atoms with Gasteiger partial charge in [0.1, 0.15) is 11.5 Å². The number of amides is 1. The number of ketones is 1. The molecule has 0 saturated heterocycles. The summed E-state index contributed by atoms with van der Waals surface area (Å²) < 4.78 is 20.1. The highest BCUT2D eigenvalue weighted by Crippen LogP contribution is 2.24. The van der Waals surface area contributed by atoms with Crippen LogP contribution in [0.3, 0.4) is 0 Å². The number of hydrogen-bond acceptors (Lipinski definition) is 4. The van der Waals surface area contributed by atoms with Crippen LogP contribution < -0.4 is 0 Å². The Bertz CT molecular complexity index is 962. The van der Waals surface area contributed by atoms with Crippen LogP contribution in [0.2, 0.25) is 0 Å². The predicted octanol–water partition coefficient (Wildman–Crippen LogP) is 3.56. The van der Waals surface area contributed by atoms with Crippen molar-refractivity contribution in [2.24, 2.45) is 0 Å². The normalized spacial score (nSPS) is 10.5. The van der Waals surface area contributed by atoms with E-state index in [-0.39, 0.29) is 24.4 Å². The second-order valence-corrected chi connectivity index (χ2v) is 6.58. The van der Waals surface area contributed by atoms with Gasteiger partial charge in [0.25, 0.3) is 5.91 Å². The van der Waals surface area contributed by atoms with E-state index in [1.165, 1.54) is 36.3 Å². The van der Waals surface area contributed by atoms with Crippen molar-refractivity contribution in [2.75, 3.05) is 20.2 Å². The maximum Gasteiger partial charge on any atom is 0.354 e. The monoisotopic (exact) mass is 400 g/mol. The van der Waals surface area contributed by atoms with Gasteiger partial charge < -0.3 is 14.2 Å². The third kappa shape index (κ3) is 4.45. The molecule has 1 aromatic carbocycles. The smallest absolute Gasteiger partial charge is 0.354 e. The van der Waals surface area contributed by atoms with Crippen LogP contribution in [0, 0.1) is 19.7 Å². The highest BCUT2D eigenvalue weighted by atomic mass is 19.1. The van der Waals surface area contributed by atoms with Gasteiger partial charge in [-0.05, 0) is 44.5 Å². The molecule has 0 atom stereocenters. The van der Waals surface area contributed by atoms with Crippen molar-refractivity contribution in [2.45, 2.75) is 27.3 Å². The van der Waals surface area contributed by atoms with Gasteiger partial charge in [-0.2, -0.15) is 0 Å². The van der Waals surface area contributed by atoms with Gasteiger partial charge in [0.05, 0.1) is 13.7 Å². The third-order valence-electron chi connectivity index (χ3n) is 4.78. The Morgan fingerprint density at radius 3 is 2.52 bits per heavy atom. The van der Waals surface area contributed by atoms with Crippen LogP contribution in [0.1, 0.15) is 49.4 Å². The zero-order valence-corrected chi connectivity index (χ0v) is 17.1. The highest BCUT2D eigenvalue weighted by Gasteiger charge is 2.28. The van der Waals surface area contributed by atoms with E-state index >= 15 is 0 Å². The van der Waals surface area contributed by atoms with Crippen LogP contribution in [-0.2, 0) is 11.3 Å². The van der Waals surface area contributed by atoms with E-state index in [2.05, 4.69) is 6.58 Å². The molecule has 0 fully saturated rings. The molecule has 1 heterocycles. The zero-order valence-electron chi connectivity index (χ0n) is 17.1. The molecule has 0 unspecified atom stereocenters. The fourth-order valence-corrected chi connectivity index (χ4v) is 3.49. The van der Waals surface area contributed by atoms with E-state index in [4.69, 9.17) is 4.74 Å². The number of ether oxygens (including phenoxy) is 1. The van der Waals surface area contributed by atoms with Crippen molar-refractivity contribution in [3.05, 3.63) is 70.8 Å². The SMILES string of the molecule is C=CCN(CC(=O)c1c(C)c(C(=O)OC)n(CC)c1C)C(=O)c1cccc(F)c1. The molecule has 29 heavy (non-hydrogen) atoms. The van der Waals surface area contributed by atoms with Crippen molar-refractivity contribution in [3.8, 4) is 0 Å². The molecule has 154 valence electrons. The number of esters is 1. The maximum atomic E-state index is 13.5. The summed E-state index contributed by atoms with van der Waals surface area (Å²) >= 11 is 0. The minimum atomic E-state index is -0.532. The minimum Gasteiger partial charge on any atom is -0.464 e. The number of benzene rings is 1. The average Bonchev–Trinajstić information content (AvgIpc) is 2.95. The fraction of sp³-hybridized carbons (Fsp3) is 0.318. The Labute approximate surface area is 169 Å². The molecule has 0 bridgehead atoms. The van der Waals surface area contributed by atoms with Crippen molar-refractivity contribution < 1.29 is 23.5 Å². The topological polar surface area (TPSA) is 68.6 Å². The van der Waals surface area contributed by atoms with Gasteiger partial charge in [0.2, 0.25) is 0 Å². The van der Waals surface area contributed by atoms with E-state index < -0.39 is 17.7 Å². The van der Waals surface area contributed by atoms with Crippen LogP contribution in [0.4, 0.5) is 4.39 Å². The number of rotatable bonds is 8. The van der Waals surface area contributed by atoms with E-state index in [1.807, 2.05) is 6.92 Å². The summed E-state index contributed by atoms with van der Waals surface area (Å²) in [6.07, 6.45) is 1.50. The quantitative estimate of drug-likeness (QED) is 0.386. The van der Waals surface area contributed by atoms with E-state index in [0.717, 1.165) is 6.07 Å². The van der Waals surface area contributed by atoms with Crippen LogP contribution in [0.25, 0.3) is 0 Å². The minimum absolute atomic E-state index is 0.123. The average molecular weight is 400 g/mol. The van der Waals surface area contributed by atoms with Crippen molar-refractivity contribution in [1.29, 1.82) is 0 Å². The summed E-state index contributed by atoms with van der Waals surface area (Å²) in [5.74, 6) is -1.85. The van der Waals surface area contributed by atoms with Crippen LogP contribution in [0.5, 0.6) is 0 Å². The van der Waals surface area contributed by atoms with Gasteiger partial charge >= 0.3 is 5.97 Å². The molecule has 0 aliphatic carbocycles. The second-order valence-electron chi connectivity index (χ2n) is 6.58. The van der Waals surface area contributed by atoms with Crippen molar-refractivity contribution >= 4 is 17.7 Å². The predicted molar refractivity (Wildman–Crippen MR) is 108 cm³/mol. The standard InChI is InChI=1S/C22H25FN2O4/c1-6-11-24(21(27)16-9-8-10-17(23)12-16)13-18(26)19-14(3)20(22(28)29-5)25(7-2)15(19)4/h6,8-10,12H,1,7,11,13H2,2-5H3. The molecular weight excluding hydrogens is 375 g/mol. The molecule has 2 aromatic rings. The number of carbonyl (C=O) groups excluding carboxylic acids is 3. The summed E-state index contributed by atoms with van der Waals surface area (Å²) in [6, 6.07) is 5.30. The van der Waals surface area contributed by atoms with E-state index in [0.29, 0.717) is 29.1 Å². The van der Waals surface area contributed by atoms with Crippen LogP contribution in [-0.4, -0.2) is 47.3 Å². The van der Waals surface area contributed by atoms with E-state index in [9.17, 15) is 18.8 Å². The highest BCUT2D eigenvalue weighted by molar-refractivity contribution is 6.06. The molecule has 2 rings (SSSR count). The van der Waals surface area contributed by atoms with Gasteiger partial charge in [0, 0.05) is 29.9 Å². The lowest BCUT2D eigenvalue weighted by atomic mass is 10.0. The molecule has 0 saturated carbocycles. The number of methoxy groups -OCH3 is 1. The lowest BCUT2D eigenvalue weighted by Gasteiger charge is -2.21. The van der Waals surface area contributed by atoms with Gasteiger partial charge in [-0.1, -0.05) is 12.1 Å². The Morgan fingerprint density at radius 2 is 1.97 bits per heavy atom. The number of aromatic nitrogens is 1. The van der Waals surface area contributed by atoms with Gasteiger partial charge in [-0.15, -0.1) is 6.58 Å². The van der Waals surface area contributed by atoms with Crippen molar-refractivity contribution in [1.82, 2.24) is 9.47 Å². The lowest BCUT2D eigenvalue weighted by molar-refractivity contribution is 0.0587. The van der Waals surface area contributed by atoms with Gasteiger partial charge in [0.15, 0.2) is 5.78 Å². The summed E-state index contributed by atoms with van der Waals surface area (Å²) in [7, 11) is 1.29. The first-order valence-corrected chi connectivity index (χ1v) is 9.23. The molecule has 0 spiro atoms. The molecule has 0 aliphatic rings. The van der Waals surface area contributed by atoms with Gasteiger partial charge in [-0.25, -0.2) is 9.18 Å². The van der Waals surface area contributed by atoms with Gasteiger partial charge in [-0.3, -0.25) is 9.59 Å². The largest absolute Gasteiger partial charge is 0.464 e. The lowest BCUT2D eigenvalue weighted by Crippen LogP contribution is -2.36. The number of hydrogen-bond donors (Lipinski definition) is 0. The molecule has 0 N–H and O–H groups in total. The zero-order chi connectivity index (χ0) is 21.7. The molecule has 0 radical (unpaired) electrons. The molecule has 1 aromatic heterocycles. The Balaban J connectivity index is 2.40. The summed E-state index contributed by atoms with van der Waals surface area (Å²) in [6.45, 7) is 9.32. The summed E-state index contributed by atoms with van der Waals surface area (Å²) in [5, 5.41) is 0.